The highest BCUT2D eigenvalue weighted by atomic mass is 16.5. The number of rotatable bonds is 25. The number of ketones is 1. The minimum absolute atomic E-state index is 0. The van der Waals surface area contributed by atoms with Gasteiger partial charge in [0.25, 0.3) is 0 Å². The monoisotopic (exact) mass is 1760 g/mol. The zero-order chi connectivity index (χ0) is 93.9. The molecule has 0 amide bonds. The summed E-state index contributed by atoms with van der Waals surface area (Å²) in [7, 11) is 89.6. The number of hydrogen-bond acceptors (Lipinski definition) is 9. The van der Waals surface area contributed by atoms with Gasteiger partial charge in [-0.25, -0.2) is 0 Å². The normalized spacial score (nSPS) is 32.0. The summed E-state index contributed by atoms with van der Waals surface area (Å²) in [6, 6.07) is 28.9. The van der Waals surface area contributed by atoms with Crippen LogP contribution in [0.3, 0.4) is 0 Å². The maximum atomic E-state index is 12.4. The molecule has 9 aliphatic carbocycles. The molecule has 3 saturated heterocycles. The number of carbonyl (C=O) groups excluding carboxylic acids is 1. The summed E-state index contributed by atoms with van der Waals surface area (Å²) in [5.74, 6) is 3.82. The van der Waals surface area contributed by atoms with Crippen LogP contribution in [0, 0.1) is 34.0 Å². The highest BCUT2D eigenvalue weighted by Gasteiger charge is 2.71. The molecule has 6 saturated carbocycles. The predicted molar refractivity (Wildman–Crippen MR) is 605 cm³/mol. The van der Waals surface area contributed by atoms with E-state index < -0.39 is 83.0 Å². The van der Waals surface area contributed by atoms with E-state index in [-0.39, 0.29) is 72.1 Å². The Morgan fingerprint density at radius 2 is 0.676 bits per heavy atom. The third-order valence-electron chi connectivity index (χ3n) is 37.4. The van der Waals surface area contributed by atoms with Crippen LogP contribution >= 0.6 is 0 Å². The lowest BCUT2D eigenvalue weighted by Gasteiger charge is -2.55. The van der Waals surface area contributed by atoms with Gasteiger partial charge in [-0.2, -0.15) is 0 Å². The van der Waals surface area contributed by atoms with E-state index in [2.05, 4.69) is 182 Å². The van der Waals surface area contributed by atoms with Crippen molar-refractivity contribution >= 4 is 237 Å². The van der Waals surface area contributed by atoms with Crippen LogP contribution < -0.4 is 0 Å². The summed E-state index contributed by atoms with van der Waals surface area (Å²) >= 11 is 0. The second-order valence-corrected chi connectivity index (χ2v) is 44.7. The van der Waals surface area contributed by atoms with Crippen molar-refractivity contribution in [1.82, 2.24) is 24.8 Å². The van der Waals surface area contributed by atoms with Gasteiger partial charge in [0.05, 0.1) is 33.6 Å². The van der Waals surface area contributed by atoms with Crippen LogP contribution in [0.4, 0.5) is 0 Å². The number of hydrogen-bond donors (Lipinski definition) is 0. The van der Waals surface area contributed by atoms with Crippen molar-refractivity contribution in [3.63, 3.8) is 0 Å². The van der Waals surface area contributed by atoms with E-state index in [1.165, 1.54) is 228 Å². The van der Waals surface area contributed by atoms with Crippen molar-refractivity contribution in [3.05, 3.63) is 197 Å². The summed E-state index contributed by atoms with van der Waals surface area (Å²) in [5, 5.41) is 7.63. The van der Waals surface area contributed by atoms with Gasteiger partial charge < -0.3 is 24.0 Å². The molecule has 17 atom stereocenters. The van der Waals surface area contributed by atoms with Crippen molar-refractivity contribution in [3.8, 4) is 0 Å². The highest BCUT2D eigenvalue weighted by molar-refractivity contribution is 8.26. The number of carbonyl (C=O) groups is 1. The van der Waals surface area contributed by atoms with Crippen molar-refractivity contribution < 1.29 is 19.0 Å². The van der Waals surface area contributed by atoms with Gasteiger partial charge >= 0.3 is 0 Å². The van der Waals surface area contributed by atoms with Gasteiger partial charge in [-0.3, -0.25) is 19.7 Å². The van der Waals surface area contributed by atoms with E-state index in [9.17, 15) is 4.79 Å². The third-order valence-corrected chi connectivity index (χ3v) is 37.4. The molecule has 6 unspecified atom stereocenters. The second kappa shape index (κ2) is 42.0. The number of aromatic nitrogens is 3. The lowest BCUT2D eigenvalue weighted by atomic mass is 8.32. The molecule has 9 nitrogen and oxygen atoms in total. The minimum atomic E-state index is -1.03. The molecule has 136 heavy (non-hydrogen) atoms. The molecule has 6 spiro atoms. The van der Waals surface area contributed by atoms with Gasteiger partial charge in [0.15, 0.2) is 0 Å². The Morgan fingerprint density at radius 3 is 1.00 bits per heavy atom. The summed E-state index contributed by atoms with van der Waals surface area (Å²) < 4.78 is 22.3. The zero-order valence-electron chi connectivity index (χ0n) is 80.6. The molecular formula is C99H129B28N5O4. The molecule has 15 aliphatic rings. The maximum absolute atomic E-state index is 12.4. The van der Waals surface area contributed by atoms with Crippen LogP contribution in [0.15, 0.2) is 180 Å². The van der Waals surface area contributed by atoms with Crippen LogP contribution in [0.2, 0.25) is 0 Å². The molecule has 3 aromatic carbocycles. The molecule has 3 aromatic heterocycles. The molecule has 21 rings (SSSR count). The topological polar surface area (TPSA) is 89.9 Å². The number of pyridine rings is 3. The number of benzene rings is 3. The Bertz CT molecular complexity index is 5230. The minimum Gasteiger partial charge on any atom is -0.359 e. The van der Waals surface area contributed by atoms with E-state index in [1.54, 1.807) is 22.3 Å². The molecule has 9 fully saturated rings. The first-order valence-electron chi connectivity index (χ1n) is 51.4. The van der Waals surface area contributed by atoms with Gasteiger partial charge in [0.1, 0.15) is 5.78 Å². The van der Waals surface area contributed by atoms with Gasteiger partial charge in [0.2, 0.25) is 0 Å². The van der Waals surface area contributed by atoms with Crippen molar-refractivity contribution in [2.75, 3.05) is 26.2 Å². The standard InChI is InChI=1S/2C34H44N2O.C28H29NO2.3CH4.B28/c2*1-4-18-36(19-5-2)29-9-8-27-21-28-12-14-32(3)30(25-7-6-24-13-17-35-23-26(24)20-25)10-11-31(32)34(28)16-15-33(27,22-29)37-34;1-26-10-8-22-15-21-4-5-23(30)16-27(21)11-12-28(22,31-27)25(26)7-6-24(26)19-3-2-18-9-13-29-17-20(18)14-19;;;;1-16(2)23(15)27(24(17(3)4)18(5)6)28(25(19(7)8)20(9)10)26(21(11)12)22(13)14/h2*6-7,12-13,17,20-21,23,29-31H,4-5,8-11,14-16,18-19,22H2,1-3H3;2-3,8-9,13-15,17,24-25H,4-7,10-12,16H2,1H3;3*1H4;/t29-,30?,31+,32+,33?,34+;29-,30?,31-,32-,33?,34-;24?,25-,26-,27?,28-;;;;/m011..../s1. The quantitative estimate of drug-likeness (QED) is 0.0520. The van der Waals surface area contributed by atoms with Crippen LogP contribution in [0.5, 0.6) is 0 Å². The Labute approximate surface area is 845 Å². The molecule has 6 aromatic rings. The highest BCUT2D eigenvalue weighted by Crippen LogP contribution is 2.73. The summed E-state index contributed by atoms with van der Waals surface area (Å²) in [4.78, 5) is 31.1. The molecule has 6 bridgehead atoms. The van der Waals surface area contributed by atoms with Crippen molar-refractivity contribution in [1.29, 1.82) is 0 Å². The fourth-order valence-corrected chi connectivity index (χ4v) is 31.4. The van der Waals surface area contributed by atoms with E-state index in [1.807, 2.05) is 37.2 Å². The van der Waals surface area contributed by atoms with Crippen LogP contribution in [-0.2, 0) is 19.0 Å². The number of ether oxygens (including phenoxy) is 3. The number of fused-ring (bicyclic) bond motifs is 6. The zero-order valence-corrected chi connectivity index (χ0v) is 80.6. The summed E-state index contributed by atoms with van der Waals surface area (Å²) in [5.41, 5.74) is 13.7. The Kier molecular flexibility index (Phi) is 32.7. The van der Waals surface area contributed by atoms with E-state index in [0.717, 1.165) is 25.7 Å². The Hall–Kier alpha value is -4.38. The molecule has 6 aliphatic heterocycles. The van der Waals surface area contributed by atoms with Gasteiger partial charge in [-0.05, 0) is 348 Å². The average Bonchev–Trinajstić information content (AvgIpc) is 1.54. The molecule has 37 heteroatoms. The molecule has 658 valence electrons. The largest absolute Gasteiger partial charge is 0.359 e. The Morgan fingerprint density at radius 1 is 0.360 bits per heavy atom. The average molecular weight is 1760 g/mol. The smallest absolute Gasteiger partial charge is 0.136 e. The molecule has 30 radical (unpaired) electrons. The first-order chi connectivity index (χ1) is 63.7. The maximum Gasteiger partial charge on any atom is 0.136 e. The Balaban J connectivity index is 0.000000138. The van der Waals surface area contributed by atoms with Crippen molar-refractivity contribution in [2.24, 2.45) is 34.0 Å². The summed E-state index contributed by atoms with van der Waals surface area (Å²) in [6.45, 7) is 21.9. The third kappa shape index (κ3) is 18.6. The number of nitrogens with zero attached hydrogens (tertiary/aromatic N) is 5. The first kappa shape index (κ1) is 106. The SMILES string of the molecule is C.C.C.CCCN(CCC)[C@@H]1CCC2=CC3=CC[C@]4(C)C(c5ccc6ccncc6c5)CC[C@H]4[C@@]34CCC2(C1)O4.CCCN(CCC)[C@H]1CCC2=CC3=CC[C@]4(C)C(c5ccc6ccncc6c5)CC[C@H]4[C@@]34CCC2(C1)O4.C[C@]12CC=C3C=C4CCC(=O)CC45CC[C@]3(O5)[C@@H]1CCC2c1ccc2ccncc2c1.[B]B([B])B([B])B(B(B([B])[B])B([B])[B])B(B(B([B])[B])B([B])[B])B(B([B])[B])B([B])[B]. The number of allylic oxidation sites excluding steroid dienone is 3. The second-order valence-electron chi connectivity index (χ2n) is 44.7. The first-order valence-corrected chi connectivity index (χ1v) is 51.4. The van der Waals surface area contributed by atoms with Gasteiger partial charge in [-0.1, -0.05) is 144 Å². The lowest BCUT2D eigenvalue weighted by molar-refractivity contribution is -0.146. The van der Waals surface area contributed by atoms with Crippen molar-refractivity contribution in [2.45, 2.75) is 314 Å². The fraction of sp³-hybridized carbons (Fsp3) is 0.596. The van der Waals surface area contributed by atoms with Gasteiger partial charge in [-0.15, -0.1) is 0 Å². The summed E-state index contributed by atoms with van der Waals surface area (Å²) in [6.07, 6.45) is 47.5. The fourth-order valence-electron chi connectivity index (χ4n) is 31.4. The molecular weight excluding hydrogens is 1630 g/mol. The molecule has 9 heterocycles. The molecule has 0 N–H and O–H groups in total. The van der Waals surface area contributed by atoms with E-state index in [4.69, 9.17) is 130 Å². The predicted octanol–water partition coefficient (Wildman–Crippen LogP) is 13.2. The van der Waals surface area contributed by atoms with E-state index >= 15 is 0 Å². The van der Waals surface area contributed by atoms with Gasteiger partial charge in [0, 0.05) is 277 Å². The number of Topliss-reactive ketones (excluding diaryl/α,β-unsaturated/α-hetero) is 1. The van der Waals surface area contributed by atoms with Crippen LogP contribution in [0.25, 0.3) is 32.3 Å². The van der Waals surface area contributed by atoms with Crippen LogP contribution in [0.1, 0.15) is 285 Å². The lowest BCUT2D eigenvalue weighted by Crippen LogP contribution is -2.87. The van der Waals surface area contributed by atoms with E-state index in [0.29, 0.717) is 66.2 Å². The van der Waals surface area contributed by atoms with Crippen LogP contribution in [-0.4, -0.2) is 301 Å².